The maximum absolute atomic E-state index is 13.3. The van der Waals surface area contributed by atoms with E-state index in [1.54, 1.807) is 10.6 Å². The largest absolute Gasteiger partial charge is 0.490 e. The van der Waals surface area contributed by atoms with Crippen LogP contribution in [0.15, 0.2) is 77.6 Å². The van der Waals surface area contributed by atoms with Gasteiger partial charge in [-0.05, 0) is 55.0 Å². The molecular weight excluding hydrogens is 400 g/mol. The topological polar surface area (TPSA) is 53.3 Å². The predicted octanol–water partition coefficient (Wildman–Crippen LogP) is 4.97. The van der Waals surface area contributed by atoms with E-state index >= 15 is 0 Å². The average molecular weight is 422 g/mol. The average Bonchev–Trinajstić information content (AvgIpc) is 2.83. The van der Waals surface area contributed by atoms with Gasteiger partial charge in [0.05, 0.1) is 23.2 Å². The van der Waals surface area contributed by atoms with Crippen molar-refractivity contribution >= 4 is 23.1 Å². The first kappa shape index (κ1) is 21.0. The van der Waals surface area contributed by atoms with Crippen molar-refractivity contribution in [1.29, 1.82) is 0 Å². The summed E-state index contributed by atoms with van der Waals surface area (Å²) in [6.45, 7) is 2.57. The summed E-state index contributed by atoms with van der Waals surface area (Å²) in [5.74, 6) is 4.19. The molecule has 0 radical (unpaired) electrons. The molecule has 4 rings (SSSR count). The molecule has 0 N–H and O–H groups in total. The maximum atomic E-state index is 13.3. The summed E-state index contributed by atoms with van der Waals surface area (Å²) in [6, 6.07) is 22.4. The molecule has 0 saturated heterocycles. The fourth-order valence-corrected chi connectivity index (χ4v) is 3.39. The van der Waals surface area contributed by atoms with Gasteiger partial charge in [-0.2, -0.15) is 0 Å². The Morgan fingerprint density at radius 2 is 1.75 bits per heavy atom. The van der Waals surface area contributed by atoms with Gasteiger partial charge in [0.15, 0.2) is 11.5 Å². The number of rotatable bonds is 7. The van der Waals surface area contributed by atoms with E-state index in [0.717, 1.165) is 11.3 Å². The summed E-state index contributed by atoms with van der Waals surface area (Å²) >= 11 is 0. The second-order valence-electron chi connectivity index (χ2n) is 6.93. The fraction of sp³-hybridized carbons (Fsp3) is 0.111. The van der Waals surface area contributed by atoms with E-state index in [-0.39, 0.29) is 12.2 Å². The van der Waals surface area contributed by atoms with Crippen molar-refractivity contribution in [2.24, 2.45) is 0 Å². The van der Waals surface area contributed by atoms with Gasteiger partial charge in [-0.25, -0.2) is 4.98 Å². The molecule has 0 fully saturated rings. The lowest BCUT2D eigenvalue weighted by Gasteiger charge is -2.12. The van der Waals surface area contributed by atoms with E-state index in [1.807, 2.05) is 85.8 Å². The molecule has 1 aromatic heterocycles. The zero-order valence-corrected chi connectivity index (χ0v) is 17.7. The number of ether oxygens (including phenoxy) is 2. The molecule has 0 aliphatic heterocycles. The summed E-state index contributed by atoms with van der Waals surface area (Å²) in [7, 11) is 0. The minimum atomic E-state index is -0.116. The van der Waals surface area contributed by atoms with Gasteiger partial charge in [0.1, 0.15) is 12.4 Å². The lowest BCUT2D eigenvalue weighted by Crippen LogP contribution is -2.22. The smallest absolute Gasteiger partial charge is 0.266 e. The molecule has 0 aliphatic carbocycles. The molecule has 158 valence electrons. The summed E-state index contributed by atoms with van der Waals surface area (Å²) in [5, 5.41) is 0.571. The van der Waals surface area contributed by atoms with E-state index in [0.29, 0.717) is 34.8 Å². The van der Waals surface area contributed by atoms with Gasteiger partial charge in [0.25, 0.3) is 5.56 Å². The highest BCUT2D eigenvalue weighted by atomic mass is 16.5. The van der Waals surface area contributed by atoms with Crippen LogP contribution in [-0.4, -0.2) is 22.8 Å². The third-order valence-electron chi connectivity index (χ3n) is 4.82. The highest BCUT2D eigenvalue weighted by Gasteiger charge is 2.11. The van der Waals surface area contributed by atoms with Crippen LogP contribution in [0, 0.1) is 12.3 Å². The maximum Gasteiger partial charge on any atom is 0.266 e. The van der Waals surface area contributed by atoms with Crippen molar-refractivity contribution in [2.45, 2.75) is 6.92 Å². The summed E-state index contributed by atoms with van der Waals surface area (Å²) in [5.41, 5.74) is 2.17. The van der Waals surface area contributed by atoms with Crippen LogP contribution in [0.1, 0.15) is 18.3 Å². The number of para-hydroxylation sites is 2. The Bertz CT molecular complexity index is 1370. The Kier molecular flexibility index (Phi) is 6.33. The first-order valence-corrected chi connectivity index (χ1v) is 10.3. The molecule has 32 heavy (non-hydrogen) atoms. The fourth-order valence-electron chi connectivity index (χ4n) is 3.39. The van der Waals surface area contributed by atoms with Crippen molar-refractivity contribution in [2.75, 3.05) is 13.2 Å². The van der Waals surface area contributed by atoms with Crippen molar-refractivity contribution < 1.29 is 9.47 Å². The van der Waals surface area contributed by atoms with Crippen LogP contribution in [0.5, 0.6) is 11.5 Å². The zero-order valence-electron chi connectivity index (χ0n) is 17.7. The molecular formula is C27H22N2O3. The van der Waals surface area contributed by atoms with Crippen LogP contribution < -0.4 is 15.0 Å². The molecule has 0 aliphatic rings. The van der Waals surface area contributed by atoms with Gasteiger partial charge in [-0.15, -0.1) is 6.42 Å². The molecule has 0 atom stereocenters. The Hall–Kier alpha value is -4.30. The predicted molar refractivity (Wildman–Crippen MR) is 128 cm³/mol. The molecule has 3 aromatic carbocycles. The number of hydrogen-bond acceptors (Lipinski definition) is 4. The van der Waals surface area contributed by atoms with Crippen LogP contribution in [0.25, 0.3) is 28.7 Å². The van der Waals surface area contributed by atoms with Gasteiger partial charge in [-0.1, -0.05) is 48.4 Å². The van der Waals surface area contributed by atoms with E-state index in [2.05, 4.69) is 5.92 Å². The molecule has 5 nitrogen and oxygen atoms in total. The first-order chi connectivity index (χ1) is 15.7. The molecule has 5 heteroatoms. The highest BCUT2D eigenvalue weighted by Crippen LogP contribution is 2.29. The molecule has 0 saturated carbocycles. The van der Waals surface area contributed by atoms with Crippen molar-refractivity contribution in [3.63, 3.8) is 0 Å². The number of terminal acetylenes is 1. The summed E-state index contributed by atoms with van der Waals surface area (Å²) in [4.78, 5) is 18.0. The first-order valence-electron chi connectivity index (χ1n) is 10.3. The van der Waals surface area contributed by atoms with Gasteiger partial charge in [-0.3, -0.25) is 9.36 Å². The molecule has 0 amide bonds. The number of hydrogen-bond donors (Lipinski definition) is 0. The highest BCUT2D eigenvalue weighted by molar-refractivity contribution is 5.80. The summed E-state index contributed by atoms with van der Waals surface area (Å²) in [6.07, 6.45) is 9.01. The van der Waals surface area contributed by atoms with E-state index in [1.165, 1.54) is 0 Å². The van der Waals surface area contributed by atoms with Crippen molar-refractivity contribution in [3.05, 3.63) is 94.5 Å². The third-order valence-corrected chi connectivity index (χ3v) is 4.82. The second kappa shape index (κ2) is 9.67. The van der Waals surface area contributed by atoms with Gasteiger partial charge < -0.3 is 9.47 Å². The second-order valence-corrected chi connectivity index (χ2v) is 6.93. The van der Waals surface area contributed by atoms with E-state index in [4.69, 9.17) is 20.9 Å². The van der Waals surface area contributed by atoms with Crippen molar-refractivity contribution in [1.82, 2.24) is 9.55 Å². The quantitative estimate of drug-likeness (QED) is 0.395. The third kappa shape index (κ3) is 4.40. The molecule has 0 spiro atoms. The Balaban J connectivity index is 1.80. The Morgan fingerprint density at radius 3 is 2.53 bits per heavy atom. The van der Waals surface area contributed by atoms with Crippen LogP contribution in [-0.2, 0) is 0 Å². The molecule has 4 aromatic rings. The van der Waals surface area contributed by atoms with Gasteiger partial charge in [0, 0.05) is 0 Å². The lowest BCUT2D eigenvalue weighted by molar-refractivity contribution is 0.299. The molecule has 1 heterocycles. The van der Waals surface area contributed by atoms with Crippen LogP contribution in [0.2, 0.25) is 0 Å². The van der Waals surface area contributed by atoms with Gasteiger partial charge in [0.2, 0.25) is 0 Å². The number of aromatic nitrogens is 2. The zero-order chi connectivity index (χ0) is 22.3. The molecule has 0 unspecified atom stereocenters. The summed E-state index contributed by atoms with van der Waals surface area (Å²) < 4.78 is 12.9. The lowest BCUT2D eigenvalue weighted by atomic mass is 10.1. The standard InChI is InChI=1S/C27H22N2O3/c1-3-18-32-24-16-14-20(19-25(24)31-4-2)15-17-26-28-23-13-9-8-12-22(23)27(30)29(26)21-10-6-5-7-11-21/h1,5-17,19H,4,18H2,2H3/b17-15+. The Labute approximate surface area is 186 Å². The minimum absolute atomic E-state index is 0.116. The van der Waals surface area contributed by atoms with Crippen molar-refractivity contribution in [3.8, 4) is 29.5 Å². The number of nitrogens with zero attached hydrogens (tertiary/aromatic N) is 2. The van der Waals surface area contributed by atoms with E-state index in [9.17, 15) is 4.79 Å². The monoisotopic (exact) mass is 422 g/mol. The minimum Gasteiger partial charge on any atom is -0.490 e. The SMILES string of the molecule is C#CCOc1ccc(/C=C/c2nc3ccccc3c(=O)n2-c2ccccc2)cc1OCC. The Morgan fingerprint density at radius 1 is 0.969 bits per heavy atom. The van der Waals surface area contributed by atoms with E-state index < -0.39 is 0 Å². The van der Waals surface area contributed by atoms with Crippen LogP contribution in [0.4, 0.5) is 0 Å². The van der Waals surface area contributed by atoms with Gasteiger partial charge >= 0.3 is 0 Å². The molecule has 0 bridgehead atoms. The van der Waals surface area contributed by atoms with Crippen LogP contribution >= 0.6 is 0 Å². The van der Waals surface area contributed by atoms with Crippen LogP contribution in [0.3, 0.4) is 0 Å². The number of fused-ring (bicyclic) bond motifs is 1. The number of benzene rings is 3. The normalized spacial score (nSPS) is 10.9.